The number of anilines is 1. The van der Waals surface area contributed by atoms with Crippen molar-refractivity contribution < 1.29 is 0 Å². The van der Waals surface area contributed by atoms with Crippen LogP contribution in [0.2, 0.25) is 5.02 Å². The molecule has 0 unspecified atom stereocenters. The maximum atomic E-state index is 8.59. The van der Waals surface area contributed by atoms with Crippen LogP contribution in [0.25, 0.3) is 0 Å². The average Bonchev–Trinajstić information content (AvgIpc) is 2.03. The maximum Gasteiger partial charge on any atom is 0.0992 e. The van der Waals surface area contributed by atoms with E-state index in [1.807, 2.05) is 13.0 Å². The van der Waals surface area contributed by atoms with Crippen molar-refractivity contribution in [2.24, 2.45) is 5.84 Å². The van der Waals surface area contributed by atoms with E-state index in [2.05, 4.69) is 5.43 Å². The molecular weight excluding hydrogens is 174 g/mol. The summed E-state index contributed by atoms with van der Waals surface area (Å²) in [7, 11) is 0. The lowest BCUT2D eigenvalue weighted by atomic mass is 10.1. The number of rotatable bonds is 1. The van der Waals surface area contributed by atoms with Crippen LogP contribution in [0.15, 0.2) is 12.1 Å². The van der Waals surface area contributed by atoms with Crippen molar-refractivity contribution in [3.8, 4) is 6.07 Å². The number of nitrogens with two attached hydrogens (primary N) is 1. The number of nitriles is 1. The van der Waals surface area contributed by atoms with E-state index in [1.165, 1.54) is 0 Å². The van der Waals surface area contributed by atoms with Gasteiger partial charge >= 0.3 is 0 Å². The van der Waals surface area contributed by atoms with Crippen molar-refractivity contribution in [1.82, 2.24) is 0 Å². The number of nitrogens with one attached hydrogen (secondary N) is 1. The molecule has 3 N–H and O–H groups in total. The highest BCUT2D eigenvalue weighted by Gasteiger charge is 2.04. The third-order valence-corrected chi connectivity index (χ3v) is 1.86. The molecule has 62 valence electrons. The fourth-order valence-electron chi connectivity index (χ4n) is 0.991. The standard InChI is InChI=1S/C8H8ClN3/c1-5-2-6(4-10)3-7(9)8(5)12-11/h2-3,12H,11H2,1H3. The molecule has 0 aliphatic rings. The predicted molar refractivity (Wildman–Crippen MR) is 48.7 cm³/mol. The van der Waals surface area contributed by atoms with Crippen LogP contribution in [0.1, 0.15) is 11.1 Å². The molecule has 1 aromatic carbocycles. The minimum Gasteiger partial charge on any atom is -0.322 e. The van der Waals surface area contributed by atoms with Gasteiger partial charge in [-0.25, -0.2) is 0 Å². The summed E-state index contributed by atoms with van der Waals surface area (Å²) in [6.45, 7) is 1.84. The van der Waals surface area contributed by atoms with E-state index in [1.54, 1.807) is 12.1 Å². The fourth-order valence-corrected chi connectivity index (χ4v) is 1.31. The Labute approximate surface area is 75.7 Å². The number of aryl methyl sites for hydroxylation is 1. The second-order valence-corrected chi connectivity index (χ2v) is 2.81. The minimum atomic E-state index is 0.467. The molecule has 0 fully saturated rings. The van der Waals surface area contributed by atoms with Gasteiger partial charge in [-0.2, -0.15) is 5.26 Å². The maximum absolute atomic E-state index is 8.59. The van der Waals surface area contributed by atoms with Crippen LogP contribution < -0.4 is 11.3 Å². The first-order chi connectivity index (χ1) is 5.69. The van der Waals surface area contributed by atoms with Crippen LogP contribution in [0.3, 0.4) is 0 Å². The largest absolute Gasteiger partial charge is 0.322 e. The Bertz CT molecular complexity index is 318. The van der Waals surface area contributed by atoms with Gasteiger partial charge in [-0.05, 0) is 24.6 Å². The van der Waals surface area contributed by atoms with Gasteiger partial charge in [-0.15, -0.1) is 0 Å². The molecule has 0 aliphatic carbocycles. The number of benzene rings is 1. The number of nitrogens with zero attached hydrogens (tertiary/aromatic N) is 1. The highest BCUT2D eigenvalue weighted by molar-refractivity contribution is 6.33. The molecular formula is C8H8ClN3. The average molecular weight is 182 g/mol. The van der Waals surface area contributed by atoms with Crippen LogP contribution in [-0.4, -0.2) is 0 Å². The van der Waals surface area contributed by atoms with Crippen LogP contribution in [0.5, 0.6) is 0 Å². The molecule has 0 aromatic heterocycles. The Balaban J connectivity index is 3.30. The number of halogens is 1. The molecule has 0 saturated carbocycles. The van der Waals surface area contributed by atoms with Crippen molar-refractivity contribution in [1.29, 1.82) is 5.26 Å². The van der Waals surface area contributed by atoms with Crippen molar-refractivity contribution in [2.45, 2.75) is 6.92 Å². The Morgan fingerprint density at radius 2 is 2.25 bits per heavy atom. The summed E-state index contributed by atoms with van der Waals surface area (Å²) in [5.41, 5.74) is 4.54. The van der Waals surface area contributed by atoms with E-state index >= 15 is 0 Å². The lowest BCUT2D eigenvalue weighted by Gasteiger charge is -2.06. The van der Waals surface area contributed by atoms with Gasteiger partial charge in [0.05, 0.1) is 22.3 Å². The van der Waals surface area contributed by atoms with Gasteiger partial charge < -0.3 is 5.43 Å². The van der Waals surface area contributed by atoms with E-state index in [0.717, 1.165) is 5.56 Å². The molecule has 1 rings (SSSR count). The van der Waals surface area contributed by atoms with Gasteiger partial charge in [-0.3, -0.25) is 5.84 Å². The molecule has 12 heavy (non-hydrogen) atoms. The summed E-state index contributed by atoms with van der Waals surface area (Å²) in [6.07, 6.45) is 0. The lowest BCUT2D eigenvalue weighted by molar-refractivity contribution is 1.30. The first-order valence-corrected chi connectivity index (χ1v) is 3.73. The molecule has 0 heterocycles. The first-order valence-electron chi connectivity index (χ1n) is 3.36. The normalized spacial score (nSPS) is 9.17. The molecule has 0 saturated heterocycles. The van der Waals surface area contributed by atoms with Gasteiger partial charge in [0.15, 0.2) is 0 Å². The number of nitrogen functional groups attached to an aromatic ring is 1. The molecule has 1 aromatic rings. The molecule has 3 nitrogen and oxygen atoms in total. The lowest BCUT2D eigenvalue weighted by Crippen LogP contribution is -2.08. The fraction of sp³-hybridized carbons (Fsp3) is 0.125. The number of hydrogen-bond acceptors (Lipinski definition) is 3. The molecule has 0 bridgehead atoms. The molecule has 0 radical (unpaired) electrons. The first kappa shape index (κ1) is 8.85. The highest BCUT2D eigenvalue weighted by Crippen LogP contribution is 2.25. The zero-order valence-electron chi connectivity index (χ0n) is 6.56. The van der Waals surface area contributed by atoms with Gasteiger partial charge in [0.1, 0.15) is 0 Å². The summed E-state index contributed by atoms with van der Waals surface area (Å²) >= 11 is 5.82. The molecule has 0 amide bonds. The van der Waals surface area contributed by atoms with Crippen molar-refractivity contribution >= 4 is 17.3 Å². The van der Waals surface area contributed by atoms with Crippen LogP contribution in [0, 0.1) is 18.3 Å². The van der Waals surface area contributed by atoms with Crippen molar-refractivity contribution in [3.63, 3.8) is 0 Å². The highest BCUT2D eigenvalue weighted by atomic mass is 35.5. The van der Waals surface area contributed by atoms with E-state index in [-0.39, 0.29) is 0 Å². The minimum absolute atomic E-state index is 0.467. The summed E-state index contributed by atoms with van der Waals surface area (Å²) in [5.74, 6) is 5.23. The van der Waals surface area contributed by atoms with Crippen LogP contribution >= 0.6 is 11.6 Å². The van der Waals surface area contributed by atoms with Gasteiger partial charge in [-0.1, -0.05) is 11.6 Å². The molecule has 0 spiro atoms. The summed E-state index contributed by atoms with van der Waals surface area (Å²) in [4.78, 5) is 0. The van der Waals surface area contributed by atoms with E-state index < -0.39 is 0 Å². The zero-order valence-corrected chi connectivity index (χ0v) is 7.31. The van der Waals surface area contributed by atoms with Crippen LogP contribution in [-0.2, 0) is 0 Å². The Kier molecular flexibility index (Phi) is 2.54. The Morgan fingerprint density at radius 1 is 1.58 bits per heavy atom. The quantitative estimate of drug-likeness (QED) is 0.513. The van der Waals surface area contributed by atoms with E-state index in [0.29, 0.717) is 16.3 Å². The topological polar surface area (TPSA) is 61.8 Å². The molecule has 4 heteroatoms. The Morgan fingerprint density at radius 3 is 2.67 bits per heavy atom. The third-order valence-electron chi connectivity index (χ3n) is 1.56. The van der Waals surface area contributed by atoms with Gasteiger partial charge in [0, 0.05) is 0 Å². The van der Waals surface area contributed by atoms with E-state index in [9.17, 15) is 0 Å². The van der Waals surface area contributed by atoms with Gasteiger partial charge in [0.25, 0.3) is 0 Å². The van der Waals surface area contributed by atoms with Crippen molar-refractivity contribution in [2.75, 3.05) is 5.43 Å². The number of hydrazine groups is 1. The monoisotopic (exact) mass is 181 g/mol. The molecule has 0 atom stereocenters. The van der Waals surface area contributed by atoms with E-state index in [4.69, 9.17) is 22.7 Å². The summed E-state index contributed by atoms with van der Waals surface area (Å²) < 4.78 is 0. The smallest absolute Gasteiger partial charge is 0.0992 e. The van der Waals surface area contributed by atoms with Gasteiger partial charge in [0.2, 0.25) is 0 Å². The second-order valence-electron chi connectivity index (χ2n) is 2.41. The number of hydrogen-bond donors (Lipinski definition) is 2. The zero-order chi connectivity index (χ0) is 9.14. The summed E-state index contributed by atoms with van der Waals surface area (Å²) in [6, 6.07) is 5.30. The van der Waals surface area contributed by atoms with Crippen molar-refractivity contribution in [3.05, 3.63) is 28.3 Å². The van der Waals surface area contributed by atoms with Crippen LogP contribution in [0.4, 0.5) is 5.69 Å². The second kappa shape index (κ2) is 3.44. The summed E-state index contributed by atoms with van der Waals surface area (Å²) in [5, 5.41) is 9.06. The SMILES string of the molecule is Cc1cc(C#N)cc(Cl)c1NN. The Hall–Kier alpha value is -1.24. The predicted octanol–water partition coefficient (Wildman–Crippen LogP) is 1.81. The molecule has 0 aliphatic heterocycles. The third kappa shape index (κ3) is 1.50.